The number of nitrogens with zero attached hydrogens (tertiary/aromatic N) is 2. The molecule has 1 aromatic carbocycles. The lowest BCUT2D eigenvalue weighted by Gasteiger charge is -2.10. The van der Waals surface area contributed by atoms with E-state index in [0.717, 1.165) is 5.52 Å². The Labute approximate surface area is 138 Å². The average molecular weight is 327 g/mol. The lowest BCUT2D eigenvalue weighted by molar-refractivity contribution is -0.146. The molecule has 0 radical (unpaired) electrons. The Morgan fingerprint density at radius 3 is 2.21 bits per heavy atom. The fourth-order valence-electron chi connectivity index (χ4n) is 2.52. The molecule has 1 aliphatic heterocycles. The highest BCUT2D eigenvalue weighted by Gasteiger charge is 2.32. The van der Waals surface area contributed by atoms with Gasteiger partial charge in [0, 0.05) is 0 Å². The summed E-state index contributed by atoms with van der Waals surface area (Å²) in [6.45, 7) is 4.05. The molecule has 1 N–H and O–H groups in total. The second-order valence-corrected chi connectivity index (χ2v) is 5.05. The maximum absolute atomic E-state index is 12.3. The van der Waals surface area contributed by atoms with Gasteiger partial charge in [-0.15, -0.1) is 0 Å². The molecule has 7 nitrogen and oxygen atoms in total. The van der Waals surface area contributed by atoms with Crippen LogP contribution in [0.15, 0.2) is 29.8 Å². The first-order valence-corrected chi connectivity index (χ1v) is 7.74. The third-order valence-electron chi connectivity index (χ3n) is 3.52. The second kappa shape index (κ2) is 6.66. The topological polar surface area (TPSA) is 90.4 Å². The Hall–Kier alpha value is -2.96. The van der Waals surface area contributed by atoms with Crippen molar-refractivity contribution in [3.8, 4) is 0 Å². The minimum Gasteiger partial charge on any atom is -0.462 e. The number of ether oxygens (including phenoxy) is 2. The fourth-order valence-corrected chi connectivity index (χ4v) is 2.52. The molecule has 24 heavy (non-hydrogen) atoms. The van der Waals surface area contributed by atoms with Crippen molar-refractivity contribution in [3.63, 3.8) is 0 Å². The highest BCUT2D eigenvalue weighted by molar-refractivity contribution is 6.20. The first kappa shape index (κ1) is 15.9. The second-order valence-electron chi connectivity index (χ2n) is 5.05. The van der Waals surface area contributed by atoms with Gasteiger partial charge in [0.15, 0.2) is 5.57 Å². The van der Waals surface area contributed by atoms with Crippen LogP contribution in [0.2, 0.25) is 0 Å². The van der Waals surface area contributed by atoms with Crippen molar-refractivity contribution in [2.24, 2.45) is 0 Å². The number of hydrogen-bond donors (Lipinski definition) is 1. The first-order chi connectivity index (χ1) is 11.7. The standard InChI is InChI=1S/C17H17N3O4/c1-3-23-16(21)13(17(22)24-4-2)15-14-12(9-18-15)19-10-7-5-6-8-11(10)20-14/h5-8,18H,3-4,9H2,1-2H3. The van der Waals surface area contributed by atoms with Crippen molar-refractivity contribution in [1.82, 2.24) is 15.3 Å². The number of carbonyl (C=O) groups is 2. The smallest absolute Gasteiger partial charge is 0.347 e. The van der Waals surface area contributed by atoms with E-state index >= 15 is 0 Å². The van der Waals surface area contributed by atoms with E-state index < -0.39 is 11.9 Å². The largest absolute Gasteiger partial charge is 0.462 e. The van der Waals surface area contributed by atoms with Crippen LogP contribution in [0.25, 0.3) is 16.7 Å². The van der Waals surface area contributed by atoms with Gasteiger partial charge in [-0.3, -0.25) is 0 Å². The van der Waals surface area contributed by atoms with Crippen LogP contribution in [0.4, 0.5) is 0 Å². The lowest BCUT2D eigenvalue weighted by Crippen LogP contribution is -2.23. The van der Waals surface area contributed by atoms with Gasteiger partial charge in [0.1, 0.15) is 5.69 Å². The Morgan fingerprint density at radius 1 is 1.04 bits per heavy atom. The van der Waals surface area contributed by atoms with Crippen molar-refractivity contribution < 1.29 is 19.1 Å². The monoisotopic (exact) mass is 327 g/mol. The number of hydrogen-bond acceptors (Lipinski definition) is 7. The molecule has 0 bridgehead atoms. The normalized spacial score (nSPS) is 12.5. The molecule has 3 rings (SSSR count). The van der Waals surface area contributed by atoms with E-state index in [9.17, 15) is 9.59 Å². The maximum Gasteiger partial charge on any atom is 0.347 e. The molecule has 7 heteroatoms. The van der Waals surface area contributed by atoms with Crippen molar-refractivity contribution >= 4 is 28.7 Å². The summed E-state index contributed by atoms with van der Waals surface area (Å²) < 4.78 is 10.0. The van der Waals surface area contributed by atoms with E-state index in [1.165, 1.54) is 0 Å². The van der Waals surface area contributed by atoms with Crippen LogP contribution in [0.5, 0.6) is 0 Å². The van der Waals surface area contributed by atoms with E-state index in [1.54, 1.807) is 13.8 Å². The zero-order valence-electron chi connectivity index (χ0n) is 13.5. The van der Waals surface area contributed by atoms with E-state index in [-0.39, 0.29) is 18.8 Å². The summed E-state index contributed by atoms with van der Waals surface area (Å²) in [7, 11) is 0. The third-order valence-corrected chi connectivity index (χ3v) is 3.52. The Kier molecular flexibility index (Phi) is 4.41. The summed E-state index contributed by atoms with van der Waals surface area (Å²) in [5.41, 5.74) is 2.72. The minimum atomic E-state index is -0.735. The van der Waals surface area contributed by atoms with Crippen LogP contribution in [-0.4, -0.2) is 35.1 Å². The molecule has 2 heterocycles. The van der Waals surface area contributed by atoms with Crippen molar-refractivity contribution in [2.45, 2.75) is 20.4 Å². The Morgan fingerprint density at radius 2 is 1.62 bits per heavy atom. The fraction of sp³-hybridized carbons (Fsp3) is 0.294. The van der Waals surface area contributed by atoms with Crippen LogP contribution >= 0.6 is 0 Å². The number of carbonyl (C=O) groups excluding carboxylic acids is 2. The number of para-hydroxylation sites is 2. The van der Waals surface area contributed by atoms with Gasteiger partial charge in [0.25, 0.3) is 0 Å². The van der Waals surface area contributed by atoms with Gasteiger partial charge in [-0.25, -0.2) is 19.6 Å². The van der Waals surface area contributed by atoms with Crippen LogP contribution in [0.3, 0.4) is 0 Å². The summed E-state index contributed by atoms with van der Waals surface area (Å²) in [6.07, 6.45) is 0. The zero-order valence-corrected chi connectivity index (χ0v) is 13.5. The Bertz CT molecular complexity index is 825. The molecular formula is C17H17N3O4. The molecule has 0 spiro atoms. The van der Waals surface area contributed by atoms with Gasteiger partial charge in [-0.2, -0.15) is 0 Å². The minimum absolute atomic E-state index is 0.158. The molecule has 0 amide bonds. The predicted molar refractivity (Wildman–Crippen MR) is 86.6 cm³/mol. The van der Waals surface area contributed by atoms with E-state index in [2.05, 4.69) is 15.3 Å². The molecule has 0 fully saturated rings. The average Bonchev–Trinajstić information content (AvgIpc) is 2.96. The van der Waals surface area contributed by atoms with Crippen molar-refractivity contribution in [2.75, 3.05) is 13.2 Å². The zero-order chi connectivity index (χ0) is 17.1. The van der Waals surface area contributed by atoms with E-state index in [4.69, 9.17) is 9.47 Å². The number of benzene rings is 1. The summed E-state index contributed by atoms with van der Waals surface area (Å²) in [5.74, 6) is -1.47. The van der Waals surface area contributed by atoms with Gasteiger partial charge in [-0.05, 0) is 26.0 Å². The highest BCUT2D eigenvalue weighted by atomic mass is 16.6. The van der Waals surface area contributed by atoms with Crippen LogP contribution in [-0.2, 0) is 25.6 Å². The molecule has 1 aliphatic rings. The van der Waals surface area contributed by atoms with Crippen molar-refractivity contribution in [1.29, 1.82) is 0 Å². The maximum atomic E-state index is 12.3. The van der Waals surface area contributed by atoms with Gasteiger partial charge in [0.2, 0.25) is 0 Å². The number of nitrogens with one attached hydrogen (secondary N) is 1. The van der Waals surface area contributed by atoms with Crippen molar-refractivity contribution in [3.05, 3.63) is 41.2 Å². The molecule has 0 saturated carbocycles. The molecule has 0 aliphatic carbocycles. The molecule has 0 unspecified atom stereocenters. The summed E-state index contributed by atoms with van der Waals surface area (Å²) in [5, 5.41) is 3.03. The number of esters is 2. The predicted octanol–water partition coefficient (Wildman–Crippen LogP) is 1.57. The number of aromatic nitrogens is 2. The molecular weight excluding hydrogens is 310 g/mol. The molecule has 2 aromatic rings. The van der Waals surface area contributed by atoms with E-state index in [1.807, 2.05) is 24.3 Å². The molecule has 124 valence electrons. The third kappa shape index (κ3) is 2.80. The van der Waals surface area contributed by atoms with Crippen LogP contribution in [0, 0.1) is 0 Å². The van der Waals surface area contributed by atoms with Crippen LogP contribution < -0.4 is 5.32 Å². The lowest BCUT2D eigenvalue weighted by atomic mass is 10.1. The summed E-state index contributed by atoms with van der Waals surface area (Å²) in [6, 6.07) is 7.42. The Balaban J connectivity index is 2.16. The van der Waals surface area contributed by atoms with Gasteiger partial charge in [0.05, 0.1) is 42.2 Å². The number of rotatable bonds is 4. The summed E-state index contributed by atoms with van der Waals surface area (Å²) >= 11 is 0. The van der Waals surface area contributed by atoms with Crippen LogP contribution in [0.1, 0.15) is 25.2 Å². The highest BCUT2D eigenvalue weighted by Crippen LogP contribution is 2.27. The van der Waals surface area contributed by atoms with Gasteiger partial charge < -0.3 is 14.8 Å². The summed E-state index contributed by atoms with van der Waals surface area (Å²) in [4.78, 5) is 33.6. The SMILES string of the molecule is CCOC(=O)C(C(=O)OCC)=C1NCc2nc3ccccc3nc21. The quantitative estimate of drug-likeness (QED) is 0.394. The van der Waals surface area contributed by atoms with Gasteiger partial charge >= 0.3 is 11.9 Å². The number of fused-ring (bicyclic) bond motifs is 2. The molecule has 0 saturated heterocycles. The first-order valence-electron chi connectivity index (χ1n) is 7.74. The van der Waals surface area contributed by atoms with Gasteiger partial charge in [-0.1, -0.05) is 12.1 Å². The van der Waals surface area contributed by atoms with E-state index in [0.29, 0.717) is 29.1 Å². The molecule has 1 aromatic heterocycles. The molecule has 0 atom stereocenters.